The summed E-state index contributed by atoms with van der Waals surface area (Å²) in [6, 6.07) is 12.2. The predicted octanol–water partition coefficient (Wildman–Crippen LogP) is 4.18. The molecule has 0 bridgehead atoms. The molecular formula is C21H19ClN2O5. The summed E-state index contributed by atoms with van der Waals surface area (Å²) < 4.78 is 15.8. The van der Waals surface area contributed by atoms with Crippen LogP contribution >= 0.6 is 11.6 Å². The van der Waals surface area contributed by atoms with Crippen LogP contribution in [0.3, 0.4) is 0 Å². The van der Waals surface area contributed by atoms with Gasteiger partial charge in [0, 0.05) is 29.7 Å². The van der Waals surface area contributed by atoms with Gasteiger partial charge in [0.05, 0.1) is 12.2 Å². The quantitative estimate of drug-likeness (QED) is 0.582. The van der Waals surface area contributed by atoms with Crippen molar-refractivity contribution in [2.75, 3.05) is 13.1 Å². The maximum absolute atomic E-state index is 12.5. The lowest BCUT2D eigenvalue weighted by Crippen LogP contribution is -2.42. The summed E-state index contributed by atoms with van der Waals surface area (Å²) in [4.78, 5) is 26.5. The minimum atomic E-state index is -0.374. The predicted molar refractivity (Wildman–Crippen MR) is 104 cm³/mol. The molecule has 29 heavy (non-hydrogen) atoms. The maximum atomic E-state index is 12.5. The van der Waals surface area contributed by atoms with Crippen molar-refractivity contribution < 1.29 is 23.3 Å². The minimum absolute atomic E-state index is 0.0119. The highest BCUT2D eigenvalue weighted by molar-refractivity contribution is 6.30. The Balaban J connectivity index is 1.32. The molecule has 0 N–H and O–H groups in total. The van der Waals surface area contributed by atoms with E-state index in [9.17, 15) is 9.59 Å². The number of ether oxygens (including phenoxy) is 1. The van der Waals surface area contributed by atoms with Gasteiger partial charge in [-0.2, -0.15) is 0 Å². The third kappa shape index (κ3) is 4.51. The van der Waals surface area contributed by atoms with E-state index < -0.39 is 0 Å². The van der Waals surface area contributed by atoms with E-state index in [1.807, 2.05) is 12.1 Å². The van der Waals surface area contributed by atoms with E-state index in [0.29, 0.717) is 36.0 Å². The molecular weight excluding hydrogens is 396 g/mol. The molecule has 0 unspecified atom stereocenters. The van der Waals surface area contributed by atoms with Crippen molar-refractivity contribution in [2.45, 2.75) is 19.4 Å². The van der Waals surface area contributed by atoms with Gasteiger partial charge in [-0.25, -0.2) is 0 Å². The van der Waals surface area contributed by atoms with Crippen molar-refractivity contribution in [2.24, 2.45) is 5.92 Å². The van der Waals surface area contributed by atoms with Crippen molar-refractivity contribution in [3.05, 3.63) is 65.3 Å². The molecule has 1 aromatic carbocycles. The number of carbonyl (C=O) groups is 2. The van der Waals surface area contributed by atoms with E-state index in [0.717, 1.165) is 12.0 Å². The van der Waals surface area contributed by atoms with Gasteiger partial charge in [0.25, 0.3) is 5.91 Å². The number of esters is 1. The zero-order valence-electron chi connectivity index (χ0n) is 15.5. The van der Waals surface area contributed by atoms with Gasteiger partial charge in [0.1, 0.15) is 5.69 Å². The second kappa shape index (κ2) is 8.53. The first kappa shape index (κ1) is 19.3. The first-order valence-electron chi connectivity index (χ1n) is 9.31. The summed E-state index contributed by atoms with van der Waals surface area (Å²) in [5.41, 5.74) is 1.50. The average Bonchev–Trinajstić information content (AvgIpc) is 3.44. The van der Waals surface area contributed by atoms with Crippen LogP contribution in [0, 0.1) is 5.92 Å². The number of nitrogens with zero attached hydrogens (tertiary/aromatic N) is 2. The fraction of sp³-hybridized carbons (Fsp3) is 0.286. The van der Waals surface area contributed by atoms with Crippen LogP contribution in [0.4, 0.5) is 0 Å². The lowest BCUT2D eigenvalue weighted by molar-refractivity contribution is -0.152. The van der Waals surface area contributed by atoms with E-state index in [1.54, 1.807) is 35.2 Å². The molecule has 0 spiro atoms. The molecule has 0 radical (unpaired) electrons. The lowest BCUT2D eigenvalue weighted by Gasteiger charge is -2.30. The van der Waals surface area contributed by atoms with Crippen LogP contribution in [0.1, 0.15) is 29.2 Å². The largest absolute Gasteiger partial charge is 0.459 e. The Bertz CT molecular complexity index is 981. The zero-order chi connectivity index (χ0) is 20.2. The Morgan fingerprint density at radius 2 is 2.07 bits per heavy atom. The normalized spacial score (nSPS) is 16.6. The third-order valence-electron chi connectivity index (χ3n) is 4.83. The van der Waals surface area contributed by atoms with Gasteiger partial charge < -0.3 is 18.6 Å². The van der Waals surface area contributed by atoms with E-state index in [-0.39, 0.29) is 30.2 Å². The molecule has 0 saturated carbocycles. The Labute approximate surface area is 172 Å². The molecule has 1 aliphatic rings. The molecule has 1 atom stereocenters. The number of halogens is 1. The summed E-state index contributed by atoms with van der Waals surface area (Å²) >= 11 is 5.89. The molecule has 150 valence electrons. The molecule has 2 aromatic heterocycles. The second-order valence-electron chi connectivity index (χ2n) is 6.86. The molecule has 1 saturated heterocycles. The smallest absolute Gasteiger partial charge is 0.311 e. The number of aromatic nitrogens is 1. The topological polar surface area (TPSA) is 85.8 Å². The van der Waals surface area contributed by atoms with Gasteiger partial charge >= 0.3 is 5.97 Å². The number of benzene rings is 1. The average molecular weight is 415 g/mol. The first-order chi connectivity index (χ1) is 14.1. The van der Waals surface area contributed by atoms with Gasteiger partial charge in [-0.1, -0.05) is 28.9 Å². The first-order valence-corrected chi connectivity index (χ1v) is 9.69. The summed E-state index contributed by atoms with van der Waals surface area (Å²) in [6.07, 6.45) is 2.86. The van der Waals surface area contributed by atoms with Crippen molar-refractivity contribution in [3.63, 3.8) is 0 Å². The Kier molecular flexibility index (Phi) is 5.67. The Hall–Kier alpha value is -3.06. The monoisotopic (exact) mass is 414 g/mol. The Morgan fingerprint density at radius 3 is 2.83 bits per heavy atom. The van der Waals surface area contributed by atoms with Gasteiger partial charge in [-0.05, 0) is 37.1 Å². The van der Waals surface area contributed by atoms with E-state index in [1.165, 1.54) is 6.26 Å². The SMILES string of the molecule is O=C(OCc1cc(-c2ccc(Cl)cc2)no1)[C@@H]1CCCN(C(=O)c2ccco2)C1. The Morgan fingerprint density at radius 1 is 1.24 bits per heavy atom. The van der Waals surface area contributed by atoms with Crippen molar-refractivity contribution in [3.8, 4) is 11.3 Å². The fourth-order valence-corrected chi connectivity index (χ4v) is 3.43. The number of likely N-dealkylation sites (tertiary alicyclic amines) is 1. The molecule has 7 nitrogen and oxygen atoms in total. The zero-order valence-corrected chi connectivity index (χ0v) is 16.3. The van der Waals surface area contributed by atoms with Crippen LogP contribution < -0.4 is 0 Å². The molecule has 1 amide bonds. The van der Waals surface area contributed by atoms with Gasteiger partial charge in [-0.3, -0.25) is 9.59 Å². The van der Waals surface area contributed by atoms with Crippen molar-refractivity contribution in [1.29, 1.82) is 0 Å². The minimum Gasteiger partial charge on any atom is -0.459 e. The highest BCUT2D eigenvalue weighted by atomic mass is 35.5. The highest BCUT2D eigenvalue weighted by Crippen LogP contribution is 2.23. The van der Waals surface area contributed by atoms with Crippen LogP contribution in [0.2, 0.25) is 5.02 Å². The standard InChI is InChI=1S/C21H19ClN2O5/c22-16-7-5-14(6-8-16)18-11-17(29-23-18)13-28-21(26)15-3-1-9-24(12-15)20(25)19-4-2-10-27-19/h2,4-8,10-11,15H,1,3,9,12-13H2/t15-/m1/s1. The molecule has 1 aliphatic heterocycles. The molecule has 1 fully saturated rings. The number of hydrogen-bond acceptors (Lipinski definition) is 6. The number of furan rings is 1. The van der Waals surface area contributed by atoms with Crippen LogP contribution in [0.5, 0.6) is 0 Å². The van der Waals surface area contributed by atoms with Gasteiger partial charge in [-0.15, -0.1) is 0 Å². The van der Waals surface area contributed by atoms with Crippen LogP contribution in [0.15, 0.2) is 57.7 Å². The lowest BCUT2D eigenvalue weighted by atomic mass is 9.98. The fourth-order valence-electron chi connectivity index (χ4n) is 3.31. The number of hydrogen-bond donors (Lipinski definition) is 0. The molecule has 4 rings (SSSR count). The summed E-state index contributed by atoms with van der Waals surface area (Å²) in [7, 11) is 0. The number of carbonyl (C=O) groups excluding carboxylic acids is 2. The molecule has 3 heterocycles. The van der Waals surface area contributed by atoms with E-state index in [4.69, 9.17) is 25.3 Å². The van der Waals surface area contributed by atoms with Gasteiger partial charge in [0.15, 0.2) is 18.1 Å². The number of piperidine rings is 1. The van der Waals surface area contributed by atoms with Crippen molar-refractivity contribution in [1.82, 2.24) is 10.1 Å². The third-order valence-corrected chi connectivity index (χ3v) is 5.08. The number of rotatable bonds is 5. The van der Waals surface area contributed by atoms with Crippen molar-refractivity contribution >= 4 is 23.5 Å². The maximum Gasteiger partial charge on any atom is 0.311 e. The highest BCUT2D eigenvalue weighted by Gasteiger charge is 2.31. The van der Waals surface area contributed by atoms with E-state index in [2.05, 4.69) is 5.16 Å². The summed E-state index contributed by atoms with van der Waals surface area (Å²) in [5, 5.41) is 4.64. The van der Waals surface area contributed by atoms with E-state index >= 15 is 0 Å². The van der Waals surface area contributed by atoms with Crippen LogP contribution in [-0.4, -0.2) is 35.0 Å². The summed E-state index contributed by atoms with van der Waals surface area (Å²) in [5.74, 6) is -0.221. The van der Waals surface area contributed by atoms with Gasteiger partial charge in [0.2, 0.25) is 0 Å². The number of amides is 1. The van der Waals surface area contributed by atoms with Crippen LogP contribution in [0.25, 0.3) is 11.3 Å². The van der Waals surface area contributed by atoms with Crippen LogP contribution in [-0.2, 0) is 16.1 Å². The summed E-state index contributed by atoms with van der Waals surface area (Å²) in [6.45, 7) is 0.892. The molecule has 0 aliphatic carbocycles. The second-order valence-corrected chi connectivity index (χ2v) is 7.30. The molecule has 3 aromatic rings. The molecule has 8 heteroatoms.